The van der Waals surface area contributed by atoms with Crippen molar-refractivity contribution >= 4 is 12.0 Å². The monoisotopic (exact) mass is 594 g/mol. The predicted octanol–water partition coefficient (Wildman–Crippen LogP) is 6.56. The summed E-state index contributed by atoms with van der Waals surface area (Å²) in [6.45, 7) is -0.867. The highest BCUT2D eigenvalue weighted by Crippen LogP contribution is 2.40. The number of benzene rings is 3. The van der Waals surface area contributed by atoms with Gasteiger partial charge in [0, 0.05) is 24.9 Å². The Kier molecular flexibility index (Phi) is 9.45. The van der Waals surface area contributed by atoms with E-state index in [2.05, 4.69) is 5.32 Å². The highest BCUT2D eigenvalue weighted by atomic mass is 19.4. The Labute approximate surface area is 237 Å². The molecule has 224 valence electrons. The van der Waals surface area contributed by atoms with E-state index in [1.807, 2.05) is 60.7 Å². The number of halogens is 6. The van der Waals surface area contributed by atoms with Gasteiger partial charge in [0.15, 0.2) is 0 Å². The quantitative estimate of drug-likeness (QED) is 0.290. The molecule has 0 radical (unpaired) electrons. The molecule has 1 aliphatic rings. The first-order valence-corrected chi connectivity index (χ1v) is 13.1. The third-order valence-electron chi connectivity index (χ3n) is 7.13. The minimum absolute atomic E-state index is 0.0708. The molecule has 0 aromatic heterocycles. The normalized spacial score (nSPS) is 17.7. The number of nitrogens with zero attached hydrogens (tertiary/aromatic N) is 1. The lowest BCUT2D eigenvalue weighted by Gasteiger charge is -2.42. The van der Waals surface area contributed by atoms with Gasteiger partial charge in [0.25, 0.3) is 0 Å². The molecule has 1 fully saturated rings. The molecule has 12 heteroatoms. The van der Waals surface area contributed by atoms with Gasteiger partial charge in [0.2, 0.25) is 0 Å². The standard InChI is InChI=1S/C30H28F6N2O4/c31-29(32,33)22-13-19(14-23(15-22)30(34,35)36)18-42-25-11-12-38(28(41)37-16-26(39)40)17-24(25)27(20-7-3-1-4-8-20)21-9-5-2-6-10-21/h1-10,13-15,24-25,27H,11-12,16-18H2,(H,37,41)(H,39,40)/t24-,25+/m1/s1. The number of piperidine rings is 1. The lowest BCUT2D eigenvalue weighted by molar-refractivity contribution is -0.143. The third-order valence-corrected chi connectivity index (χ3v) is 7.13. The predicted molar refractivity (Wildman–Crippen MR) is 140 cm³/mol. The van der Waals surface area contributed by atoms with Crippen molar-refractivity contribution < 1.29 is 45.8 Å². The van der Waals surface area contributed by atoms with E-state index in [4.69, 9.17) is 9.84 Å². The summed E-state index contributed by atoms with van der Waals surface area (Å²) >= 11 is 0. The van der Waals surface area contributed by atoms with Gasteiger partial charge in [0.1, 0.15) is 6.54 Å². The molecule has 0 bridgehead atoms. The van der Waals surface area contributed by atoms with Crippen LogP contribution in [0.3, 0.4) is 0 Å². The van der Waals surface area contributed by atoms with Gasteiger partial charge >= 0.3 is 24.4 Å². The molecule has 0 unspecified atom stereocenters. The number of carboxylic acid groups (broad SMARTS) is 1. The van der Waals surface area contributed by atoms with Gasteiger partial charge in [-0.25, -0.2) is 4.79 Å². The van der Waals surface area contributed by atoms with Gasteiger partial charge in [-0.3, -0.25) is 4.79 Å². The smallest absolute Gasteiger partial charge is 0.416 e. The Bertz CT molecular complexity index is 1290. The van der Waals surface area contributed by atoms with Crippen molar-refractivity contribution in [2.75, 3.05) is 19.6 Å². The fourth-order valence-corrected chi connectivity index (χ4v) is 5.25. The van der Waals surface area contributed by atoms with E-state index < -0.39 is 60.7 Å². The summed E-state index contributed by atoms with van der Waals surface area (Å²) in [5, 5.41) is 11.3. The first-order valence-electron chi connectivity index (χ1n) is 13.1. The van der Waals surface area contributed by atoms with Crippen molar-refractivity contribution in [3.05, 3.63) is 107 Å². The number of nitrogens with one attached hydrogen (secondary N) is 1. The van der Waals surface area contributed by atoms with Gasteiger partial charge in [-0.1, -0.05) is 60.7 Å². The second-order valence-electron chi connectivity index (χ2n) is 10.0. The third kappa shape index (κ3) is 7.81. The largest absolute Gasteiger partial charge is 0.480 e. The number of rotatable bonds is 8. The Morgan fingerprint density at radius 1 is 0.881 bits per heavy atom. The van der Waals surface area contributed by atoms with Crippen molar-refractivity contribution in [2.45, 2.75) is 37.4 Å². The van der Waals surface area contributed by atoms with E-state index in [1.54, 1.807) is 0 Å². The molecule has 2 amide bonds. The van der Waals surface area contributed by atoms with E-state index in [1.165, 1.54) is 4.90 Å². The number of amides is 2. The molecule has 42 heavy (non-hydrogen) atoms. The first-order chi connectivity index (χ1) is 19.8. The maximum atomic E-state index is 13.4. The zero-order valence-corrected chi connectivity index (χ0v) is 22.2. The molecular weight excluding hydrogens is 566 g/mol. The number of hydrogen-bond donors (Lipinski definition) is 2. The number of carbonyl (C=O) groups is 2. The molecule has 2 N–H and O–H groups in total. The number of hydrogen-bond acceptors (Lipinski definition) is 3. The van der Waals surface area contributed by atoms with Crippen LogP contribution in [-0.2, 0) is 28.5 Å². The van der Waals surface area contributed by atoms with Gasteiger partial charge in [-0.05, 0) is 41.3 Å². The van der Waals surface area contributed by atoms with Crippen LogP contribution in [0.25, 0.3) is 0 Å². The summed E-state index contributed by atoms with van der Waals surface area (Å²) in [7, 11) is 0. The lowest BCUT2D eigenvalue weighted by Crippen LogP contribution is -2.52. The number of aliphatic carboxylic acids is 1. The fourth-order valence-electron chi connectivity index (χ4n) is 5.25. The molecule has 3 aromatic rings. The summed E-state index contributed by atoms with van der Waals surface area (Å²) in [6, 6.07) is 19.3. The maximum absolute atomic E-state index is 13.4. The molecule has 0 spiro atoms. The summed E-state index contributed by atoms with van der Waals surface area (Å²) in [5.74, 6) is -2.06. The Morgan fingerprint density at radius 3 is 1.88 bits per heavy atom. The van der Waals surface area contributed by atoms with Crippen LogP contribution in [-0.4, -0.2) is 47.7 Å². The minimum atomic E-state index is -4.99. The second kappa shape index (κ2) is 12.8. The van der Waals surface area contributed by atoms with Crippen molar-refractivity contribution in [1.82, 2.24) is 10.2 Å². The minimum Gasteiger partial charge on any atom is -0.480 e. The van der Waals surface area contributed by atoms with Crippen LogP contribution >= 0.6 is 0 Å². The average Bonchev–Trinajstić information content (AvgIpc) is 2.95. The van der Waals surface area contributed by atoms with Crippen LogP contribution in [0.5, 0.6) is 0 Å². The van der Waals surface area contributed by atoms with Gasteiger partial charge in [-0.2, -0.15) is 26.3 Å². The first kappa shape index (κ1) is 30.9. The average molecular weight is 595 g/mol. The van der Waals surface area contributed by atoms with Crippen molar-refractivity contribution in [3.63, 3.8) is 0 Å². The summed E-state index contributed by atoms with van der Waals surface area (Å²) in [6.07, 6.45) is -10.4. The van der Waals surface area contributed by atoms with Crippen LogP contribution in [0.4, 0.5) is 31.1 Å². The molecule has 1 saturated heterocycles. The molecular formula is C30H28F6N2O4. The summed E-state index contributed by atoms with van der Waals surface area (Å²) in [5.41, 5.74) is -1.40. The van der Waals surface area contributed by atoms with Gasteiger partial charge in [0.05, 0.1) is 23.8 Å². The maximum Gasteiger partial charge on any atom is 0.416 e. The second-order valence-corrected chi connectivity index (χ2v) is 10.0. The van der Waals surface area contributed by atoms with E-state index in [9.17, 15) is 35.9 Å². The Balaban J connectivity index is 1.68. The van der Waals surface area contributed by atoms with Crippen molar-refractivity contribution in [3.8, 4) is 0 Å². The van der Waals surface area contributed by atoms with Crippen LogP contribution in [0.15, 0.2) is 78.9 Å². The van der Waals surface area contributed by atoms with Gasteiger partial charge < -0.3 is 20.1 Å². The SMILES string of the molecule is O=C(O)CNC(=O)N1CC[C@H](OCc2cc(C(F)(F)F)cc(C(F)(F)F)c2)[C@H](C(c2ccccc2)c2ccccc2)C1. The number of carboxylic acids is 1. The number of likely N-dealkylation sites (tertiary alicyclic amines) is 1. The van der Waals surface area contributed by atoms with E-state index in [-0.39, 0.29) is 37.1 Å². The van der Waals surface area contributed by atoms with Crippen LogP contribution in [0, 0.1) is 5.92 Å². The highest BCUT2D eigenvalue weighted by Gasteiger charge is 2.40. The van der Waals surface area contributed by atoms with Crippen LogP contribution < -0.4 is 5.32 Å². The summed E-state index contributed by atoms with van der Waals surface area (Å²) in [4.78, 5) is 25.2. The zero-order chi connectivity index (χ0) is 30.5. The molecule has 0 aliphatic carbocycles. The molecule has 1 heterocycles. The number of carbonyl (C=O) groups excluding carboxylic acids is 1. The van der Waals surface area contributed by atoms with Crippen molar-refractivity contribution in [1.29, 1.82) is 0 Å². The molecule has 4 rings (SSSR count). The number of urea groups is 1. The summed E-state index contributed by atoms with van der Waals surface area (Å²) < 4.78 is 86.6. The molecule has 2 atom stereocenters. The topological polar surface area (TPSA) is 78.9 Å². The van der Waals surface area contributed by atoms with E-state index in [0.29, 0.717) is 12.1 Å². The van der Waals surface area contributed by atoms with Crippen molar-refractivity contribution in [2.24, 2.45) is 5.92 Å². The van der Waals surface area contributed by atoms with Gasteiger partial charge in [-0.15, -0.1) is 0 Å². The fraction of sp³-hybridized carbons (Fsp3) is 0.333. The zero-order valence-electron chi connectivity index (χ0n) is 22.2. The molecule has 3 aromatic carbocycles. The molecule has 6 nitrogen and oxygen atoms in total. The molecule has 1 aliphatic heterocycles. The Hall–Kier alpha value is -4.06. The lowest BCUT2D eigenvalue weighted by atomic mass is 9.75. The van der Waals surface area contributed by atoms with Crippen LogP contribution in [0.1, 0.15) is 40.2 Å². The van der Waals surface area contributed by atoms with Crippen LogP contribution in [0.2, 0.25) is 0 Å². The number of alkyl halides is 6. The molecule has 0 saturated carbocycles. The number of ether oxygens (including phenoxy) is 1. The Morgan fingerprint density at radius 2 is 1.40 bits per heavy atom. The highest BCUT2D eigenvalue weighted by molar-refractivity contribution is 5.80. The van der Waals surface area contributed by atoms with E-state index in [0.717, 1.165) is 11.1 Å². The van der Waals surface area contributed by atoms with E-state index >= 15 is 0 Å².